The van der Waals surface area contributed by atoms with Gasteiger partial charge in [-0.25, -0.2) is 0 Å². The Kier molecular flexibility index (Phi) is 8.69. The van der Waals surface area contributed by atoms with Gasteiger partial charge in [-0.2, -0.15) is 0 Å². The third kappa shape index (κ3) is 5.91. The molecule has 33 heavy (non-hydrogen) atoms. The molecule has 0 N–H and O–H groups in total. The first-order chi connectivity index (χ1) is 16.2. The number of carbonyl (C=O) groups excluding carboxylic acids is 2. The van der Waals surface area contributed by atoms with Crippen molar-refractivity contribution in [2.45, 2.75) is 115 Å². The number of ether oxygens (including phenoxy) is 1. The summed E-state index contributed by atoms with van der Waals surface area (Å²) in [6.07, 6.45) is 15.9. The maximum Gasteiger partial charge on any atom is 0.250 e. The highest BCUT2D eigenvalue weighted by Crippen LogP contribution is 2.37. The van der Waals surface area contributed by atoms with Crippen LogP contribution in [0.15, 0.2) is 24.3 Å². The minimum Gasteiger partial charge on any atom is -0.494 e. The quantitative estimate of drug-likeness (QED) is 0.429. The van der Waals surface area contributed by atoms with E-state index in [0.717, 1.165) is 75.7 Å². The van der Waals surface area contributed by atoms with E-state index < -0.39 is 6.04 Å². The highest BCUT2D eigenvalue weighted by molar-refractivity contribution is 5.96. The van der Waals surface area contributed by atoms with E-state index in [1.54, 1.807) is 0 Å². The summed E-state index contributed by atoms with van der Waals surface area (Å²) in [7, 11) is 0. The monoisotopic (exact) mass is 454 g/mol. The molecule has 1 aliphatic heterocycles. The van der Waals surface area contributed by atoms with E-state index in [-0.39, 0.29) is 30.4 Å². The van der Waals surface area contributed by atoms with Crippen molar-refractivity contribution in [2.75, 3.05) is 13.2 Å². The molecule has 5 heteroatoms. The predicted octanol–water partition coefficient (Wildman–Crippen LogP) is 6.02. The Hall–Kier alpha value is -2.04. The average molecular weight is 455 g/mol. The van der Waals surface area contributed by atoms with Crippen molar-refractivity contribution in [3.8, 4) is 5.75 Å². The Balaban J connectivity index is 1.52. The minimum atomic E-state index is -0.491. The van der Waals surface area contributed by atoms with Gasteiger partial charge >= 0.3 is 0 Å². The molecule has 182 valence electrons. The molecule has 2 amide bonds. The average Bonchev–Trinajstić information content (AvgIpc) is 2.86. The van der Waals surface area contributed by atoms with Gasteiger partial charge in [0.2, 0.25) is 5.91 Å². The lowest BCUT2D eigenvalue weighted by atomic mass is 9.88. The van der Waals surface area contributed by atoms with E-state index in [0.29, 0.717) is 0 Å². The van der Waals surface area contributed by atoms with Crippen LogP contribution in [0.3, 0.4) is 0 Å². The zero-order valence-electron chi connectivity index (χ0n) is 20.5. The molecule has 5 nitrogen and oxygen atoms in total. The molecule has 1 saturated heterocycles. The molecule has 1 heterocycles. The maximum atomic E-state index is 13.9. The third-order valence-corrected chi connectivity index (χ3v) is 7.83. The van der Waals surface area contributed by atoms with Crippen molar-refractivity contribution >= 4 is 11.8 Å². The maximum absolute atomic E-state index is 13.9. The smallest absolute Gasteiger partial charge is 0.250 e. The largest absolute Gasteiger partial charge is 0.494 e. The van der Waals surface area contributed by atoms with Gasteiger partial charge in [0, 0.05) is 12.1 Å². The molecule has 3 fully saturated rings. The van der Waals surface area contributed by atoms with Gasteiger partial charge in [-0.15, -0.1) is 0 Å². The SMILES string of the molecule is CCCCCCOc1ccc([C@H]2C(=O)N(C3CCCCC3)CC(=O)N2C2CCCCC2)cc1. The first-order valence-electron chi connectivity index (χ1n) is 13.5. The lowest BCUT2D eigenvalue weighted by molar-refractivity contribution is -0.162. The van der Waals surface area contributed by atoms with Gasteiger partial charge < -0.3 is 14.5 Å². The van der Waals surface area contributed by atoms with Crippen LogP contribution in [-0.4, -0.2) is 46.8 Å². The molecule has 3 aliphatic rings. The van der Waals surface area contributed by atoms with Gasteiger partial charge in [-0.1, -0.05) is 76.8 Å². The molecule has 0 aromatic heterocycles. The van der Waals surface area contributed by atoms with Crippen LogP contribution >= 0.6 is 0 Å². The first-order valence-corrected chi connectivity index (χ1v) is 13.5. The van der Waals surface area contributed by atoms with Gasteiger partial charge in [0.15, 0.2) is 0 Å². The van der Waals surface area contributed by atoms with E-state index in [1.807, 2.05) is 34.1 Å². The predicted molar refractivity (Wildman–Crippen MR) is 131 cm³/mol. The first kappa shape index (κ1) is 24.1. The highest BCUT2D eigenvalue weighted by Gasteiger charge is 2.45. The van der Waals surface area contributed by atoms with E-state index in [4.69, 9.17) is 4.74 Å². The van der Waals surface area contributed by atoms with Gasteiger partial charge in [0.1, 0.15) is 18.3 Å². The van der Waals surface area contributed by atoms with E-state index >= 15 is 0 Å². The summed E-state index contributed by atoms with van der Waals surface area (Å²) in [4.78, 5) is 31.2. The van der Waals surface area contributed by atoms with E-state index in [2.05, 4.69) is 6.92 Å². The lowest BCUT2D eigenvalue weighted by Crippen LogP contribution is -2.61. The highest BCUT2D eigenvalue weighted by atomic mass is 16.5. The Morgan fingerprint density at radius 1 is 0.818 bits per heavy atom. The number of unbranched alkanes of at least 4 members (excludes halogenated alkanes) is 3. The fourth-order valence-electron chi connectivity index (χ4n) is 5.97. The molecule has 2 saturated carbocycles. The lowest BCUT2D eigenvalue weighted by Gasteiger charge is -2.48. The molecular weight excluding hydrogens is 412 g/mol. The number of hydrogen-bond donors (Lipinski definition) is 0. The fraction of sp³-hybridized carbons (Fsp3) is 0.714. The van der Waals surface area contributed by atoms with E-state index in [1.165, 1.54) is 32.1 Å². The van der Waals surface area contributed by atoms with Crippen LogP contribution in [0.4, 0.5) is 0 Å². The van der Waals surface area contributed by atoms with Gasteiger partial charge in [-0.05, 0) is 49.8 Å². The molecule has 0 unspecified atom stereocenters. The number of nitrogens with zero attached hydrogens (tertiary/aromatic N) is 2. The van der Waals surface area contributed by atoms with Crippen LogP contribution in [0.25, 0.3) is 0 Å². The summed E-state index contributed by atoms with van der Waals surface area (Å²) in [5.41, 5.74) is 0.928. The number of piperazine rings is 1. The zero-order chi connectivity index (χ0) is 23.0. The normalized spacial score (nSPS) is 23.2. The zero-order valence-corrected chi connectivity index (χ0v) is 20.5. The van der Waals surface area contributed by atoms with Crippen LogP contribution < -0.4 is 4.74 Å². The number of amides is 2. The van der Waals surface area contributed by atoms with Gasteiger partial charge in [0.05, 0.1) is 6.61 Å². The second-order valence-electron chi connectivity index (χ2n) is 10.2. The van der Waals surface area contributed by atoms with Crippen LogP contribution in [0.2, 0.25) is 0 Å². The summed E-state index contributed by atoms with van der Waals surface area (Å²) in [5, 5.41) is 0. The summed E-state index contributed by atoms with van der Waals surface area (Å²) in [5.74, 6) is 1.10. The molecule has 0 bridgehead atoms. The fourth-order valence-corrected chi connectivity index (χ4v) is 5.97. The molecule has 0 spiro atoms. The molecule has 1 atom stereocenters. The second kappa shape index (κ2) is 11.9. The summed E-state index contributed by atoms with van der Waals surface area (Å²) in [6, 6.07) is 7.89. The van der Waals surface area contributed by atoms with Crippen LogP contribution in [-0.2, 0) is 9.59 Å². The number of carbonyl (C=O) groups is 2. The van der Waals surface area contributed by atoms with Crippen molar-refractivity contribution in [3.05, 3.63) is 29.8 Å². The van der Waals surface area contributed by atoms with Crippen LogP contribution in [0, 0.1) is 0 Å². The number of hydrogen-bond acceptors (Lipinski definition) is 3. The van der Waals surface area contributed by atoms with Crippen LogP contribution in [0.5, 0.6) is 5.75 Å². The van der Waals surface area contributed by atoms with Crippen molar-refractivity contribution in [2.24, 2.45) is 0 Å². The van der Waals surface area contributed by atoms with Crippen molar-refractivity contribution < 1.29 is 14.3 Å². The van der Waals surface area contributed by atoms with Crippen molar-refractivity contribution in [1.82, 2.24) is 9.80 Å². The molecule has 2 aliphatic carbocycles. The topological polar surface area (TPSA) is 49.9 Å². The van der Waals surface area contributed by atoms with Crippen molar-refractivity contribution in [1.29, 1.82) is 0 Å². The Labute approximate surface area is 199 Å². The third-order valence-electron chi connectivity index (χ3n) is 7.83. The second-order valence-corrected chi connectivity index (χ2v) is 10.2. The molecule has 1 aromatic rings. The van der Waals surface area contributed by atoms with E-state index in [9.17, 15) is 9.59 Å². The molecule has 0 radical (unpaired) electrons. The van der Waals surface area contributed by atoms with Gasteiger partial charge in [0.25, 0.3) is 5.91 Å². The summed E-state index contributed by atoms with van der Waals surface area (Å²) >= 11 is 0. The molecule has 1 aromatic carbocycles. The Bertz CT molecular complexity index is 766. The summed E-state index contributed by atoms with van der Waals surface area (Å²) < 4.78 is 5.93. The standard InChI is InChI=1S/C28H42N2O3/c1-2-3-4-11-20-33-25-18-16-22(17-19-25)27-28(32)29(23-12-7-5-8-13-23)21-26(31)30(27)24-14-9-6-10-15-24/h16-19,23-24,27H,2-15,20-21H2,1H3/t27-/m0/s1. The number of benzene rings is 1. The molecule has 4 rings (SSSR count). The summed E-state index contributed by atoms with van der Waals surface area (Å²) in [6.45, 7) is 3.20. The van der Waals surface area contributed by atoms with Gasteiger partial charge in [-0.3, -0.25) is 9.59 Å². The Morgan fingerprint density at radius 3 is 2.09 bits per heavy atom. The minimum absolute atomic E-state index is 0.125. The number of rotatable bonds is 9. The van der Waals surface area contributed by atoms with Crippen LogP contribution in [0.1, 0.15) is 108 Å². The Morgan fingerprint density at radius 2 is 1.45 bits per heavy atom. The van der Waals surface area contributed by atoms with Crippen molar-refractivity contribution in [3.63, 3.8) is 0 Å². The molecular formula is C28H42N2O3.